The normalized spacial score (nSPS) is 10.8. The van der Waals surface area contributed by atoms with Crippen LogP contribution < -0.4 is 19.6 Å². The Morgan fingerprint density at radius 3 is 2.47 bits per heavy atom. The number of halogens is 2. The van der Waals surface area contributed by atoms with Gasteiger partial charge in [-0.05, 0) is 67.4 Å². The van der Waals surface area contributed by atoms with Crippen LogP contribution in [0.1, 0.15) is 41.8 Å². The highest BCUT2D eigenvalue weighted by Crippen LogP contribution is 2.29. The molecular formula is C26H26ClFN2O4. The lowest BCUT2D eigenvalue weighted by Crippen LogP contribution is -2.18. The van der Waals surface area contributed by atoms with Crippen molar-refractivity contribution in [3.63, 3.8) is 0 Å². The highest BCUT2D eigenvalue weighted by molar-refractivity contribution is 6.30. The van der Waals surface area contributed by atoms with Gasteiger partial charge < -0.3 is 14.2 Å². The number of hydrazone groups is 1. The van der Waals surface area contributed by atoms with Crippen LogP contribution in [0.15, 0.2) is 65.8 Å². The number of ether oxygens (including phenoxy) is 3. The van der Waals surface area contributed by atoms with E-state index in [1.807, 2.05) is 13.8 Å². The highest BCUT2D eigenvalue weighted by Gasteiger charge is 2.11. The third-order valence-electron chi connectivity index (χ3n) is 4.62. The van der Waals surface area contributed by atoms with Gasteiger partial charge >= 0.3 is 0 Å². The van der Waals surface area contributed by atoms with E-state index in [9.17, 15) is 9.18 Å². The zero-order valence-corrected chi connectivity index (χ0v) is 19.8. The van der Waals surface area contributed by atoms with Crippen molar-refractivity contribution in [2.75, 3.05) is 13.2 Å². The van der Waals surface area contributed by atoms with E-state index in [2.05, 4.69) is 10.5 Å². The number of carbonyl (C=O) groups excluding carboxylic acids is 1. The van der Waals surface area contributed by atoms with E-state index in [0.717, 1.165) is 12.0 Å². The molecule has 0 radical (unpaired) electrons. The standard InChI is InChI=1S/C26H26ClFN2O4/c1-3-13-33-24-11-7-19(15-25(24)32-4-2)26(31)30-29-16-20-14-21(27)8-12-23(20)34-17-18-5-9-22(28)10-6-18/h5-12,14-16H,3-4,13,17H2,1-2H3,(H,30,31)/b29-16+. The average Bonchev–Trinajstić information content (AvgIpc) is 2.84. The smallest absolute Gasteiger partial charge is 0.271 e. The predicted octanol–water partition coefficient (Wildman–Crippen LogP) is 6.01. The number of carbonyl (C=O) groups is 1. The van der Waals surface area contributed by atoms with Gasteiger partial charge in [0.1, 0.15) is 18.2 Å². The molecule has 0 fully saturated rings. The molecule has 0 aliphatic rings. The molecule has 0 aliphatic carbocycles. The number of nitrogens with one attached hydrogen (secondary N) is 1. The summed E-state index contributed by atoms with van der Waals surface area (Å²) in [5.41, 5.74) is 4.26. The molecule has 3 rings (SSSR count). The Bertz CT molecular complexity index is 1140. The summed E-state index contributed by atoms with van der Waals surface area (Å²) < 4.78 is 30.2. The van der Waals surface area contributed by atoms with Crippen molar-refractivity contribution < 1.29 is 23.4 Å². The van der Waals surface area contributed by atoms with Crippen LogP contribution in [0.4, 0.5) is 4.39 Å². The summed E-state index contributed by atoms with van der Waals surface area (Å²) in [6, 6.07) is 16.1. The van der Waals surface area contributed by atoms with Crippen LogP contribution >= 0.6 is 11.6 Å². The largest absolute Gasteiger partial charge is 0.490 e. The number of hydrogen-bond acceptors (Lipinski definition) is 5. The molecule has 6 nitrogen and oxygen atoms in total. The van der Waals surface area contributed by atoms with E-state index in [1.54, 1.807) is 48.5 Å². The third kappa shape index (κ3) is 7.22. The summed E-state index contributed by atoms with van der Waals surface area (Å²) in [5.74, 6) is 0.887. The third-order valence-corrected chi connectivity index (χ3v) is 4.85. The van der Waals surface area contributed by atoms with Gasteiger partial charge in [-0.15, -0.1) is 0 Å². The molecule has 1 amide bonds. The Kier molecular flexibility index (Phi) is 9.29. The zero-order valence-electron chi connectivity index (χ0n) is 19.0. The molecule has 3 aromatic rings. The Hall–Kier alpha value is -3.58. The molecule has 1 N–H and O–H groups in total. The van der Waals surface area contributed by atoms with Crippen LogP contribution in [0.5, 0.6) is 17.2 Å². The summed E-state index contributed by atoms with van der Waals surface area (Å²) in [6.45, 7) is 5.12. The van der Waals surface area contributed by atoms with Gasteiger partial charge in [0.25, 0.3) is 5.91 Å². The van der Waals surface area contributed by atoms with Gasteiger partial charge in [-0.2, -0.15) is 5.10 Å². The predicted molar refractivity (Wildman–Crippen MR) is 131 cm³/mol. The summed E-state index contributed by atoms with van der Waals surface area (Å²) >= 11 is 6.11. The maximum atomic E-state index is 13.1. The van der Waals surface area contributed by atoms with E-state index < -0.39 is 5.91 Å². The maximum absolute atomic E-state index is 13.1. The molecule has 0 aliphatic heterocycles. The van der Waals surface area contributed by atoms with Crippen LogP contribution in [0, 0.1) is 5.82 Å². The molecule has 0 saturated carbocycles. The lowest BCUT2D eigenvalue weighted by molar-refractivity contribution is 0.0954. The lowest BCUT2D eigenvalue weighted by atomic mass is 10.2. The molecule has 34 heavy (non-hydrogen) atoms. The Morgan fingerprint density at radius 1 is 0.971 bits per heavy atom. The van der Waals surface area contributed by atoms with Gasteiger partial charge in [-0.3, -0.25) is 4.79 Å². The lowest BCUT2D eigenvalue weighted by Gasteiger charge is -2.12. The topological polar surface area (TPSA) is 69.2 Å². The molecule has 0 spiro atoms. The van der Waals surface area contributed by atoms with Crippen molar-refractivity contribution in [3.8, 4) is 17.2 Å². The van der Waals surface area contributed by atoms with Gasteiger partial charge in [0.2, 0.25) is 0 Å². The second kappa shape index (κ2) is 12.6. The first-order valence-electron chi connectivity index (χ1n) is 10.9. The SMILES string of the molecule is CCCOc1ccc(C(=O)N/N=C/c2cc(Cl)ccc2OCc2ccc(F)cc2)cc1OCC. The fourth-order valence-electron chi connectivity index (χ4n) is 2.97. The van der Waals surface area contributed by atoms with Crippen LogP contribution in [-0.4, -0.2) is 25.3 Å². The van der Waals surface area contributed by atoms with Crippen LogP contribution in [-0.2, 0) is 6.61 Å². The molecule has 8 heteroatoms. The number of rotatable bonds is 11. The van der Waals surface area contributed by atoms with Crippen LogP contribution in [0.2, 0.25) is 5.02 Å². The van der Waals surface area contributed by atoms with Gasteiger partial charge in [0.05, 0.1) is 19.4 Å². The quantitative estimate of drug-likeness (QED) is 0.267. The number of hydrogen-bond donors (Lipinski definition) is 1. The van der Waals surface area contributed by atoms with E-state index in [1.165, 1.54) is 18.3 Å². The molecule has 0 bridgehead atoms. The van der Waals surface area contributed by atoms with E-state index in [0.29, 0.717) is 46.6 Å². The molecule has 3 aromatic carbocycles. The summed E-state index contributed by atoms with van der Waals surface area (Å²) in [7, 11) is 0. The van der Waals surface area contributed by atoms with Gasteiger partial charge in [0.15, 0.2) is 11.5 Å². The van der Waals surface area contributed by atoms with Gasteiger partial charge in [-0.25, -0.2) is 9.82 Å². The minimum Gasteiger partial charge on any atom is -0.490 e. The van der Waals surface area contributed by atoms with E-state index in [4.69, 9.17) is 25.8 Å². The average molecular weight is 485 g/mol. The summed E-state index contributed by atoms with van der Waals surface area (Å²) in [6.07, 6.45) is 2.31. The molecule has 0 aromatic heterocycles. The first-order valence-corrected chi connectivity index (χ1v) is 11.3. The monoisotopic (exact) mass is 484 g/mol. The fourth-order valence-corrected chi connectivity index (χ4v) is 3.15. The Balaban J connectivity index is 1.68. The van der Waals surface area contributed by atoms with Crippen LogP contribution in [0.25, 0.3) is 0 Å². The van der Waals surface area contributed by atoms with Crippen molar-refractivity contribution in [1.82, 2.24) is 5.43 Å². The first kappa shape index (κ1) is 25.1. The molecule has 0 heterocycles. The second-order valence-electron chi connectivity index (χ2n) is 7.24. The number of benzene rings is 3. The van der Waals surface area contributed by atoms with Crippen molar-refractivity contribution in [2.24, 2.45) is 5.10 Å². The van der Waals surface area contributed by atoms with E-state index >= 15 is 0 Å². The van der Waals surface area contributed by atoms with Gasteiger partial charge in [0, 0.05) is 16.1 Å². The summed E-state index contributed by atoms with van der Waals surface area (Å²) in [4.78, 5) is 12.6. The zero-order chi connectivity index (χ0) is 24.3. The highest BCUT2D eigenvalue weighted by atomic mass is 35.5. The minimum absolute atomic E-state index is 0.238. The molecule has 0 atom stereocenters. The fraction of sp³-hybridized carbons (Fsp3) is 0.231. The van der Waals surface area contributed by atoms with Crippen molar-refractivity contribution in [1.29, 1.82) is 0 Å². The van der Waals surface area contributed by atoms with Crippen molar-refractivity contribution in [2.45, 2.75) is 26.9 Å². The first-order chi connectivity index (χ1) is 16.5. The second-order valence-corrected chi connectivity index (χ2v) is 7.68. The van der Waals surface area contributed by atoms with Gasteiger partial charge in [-0.1, -0.05) is 30.7 Å². The summed E-state index contributed by atoms with van der Waals surface area (Å²) in [5, 5.41) is 4.54. The van der Waals surface area contributed by atoms with Crippen molar-refractivity contribution >= 4 is 23.7 Å². The number of amides is 1. The van der Waals surface area contributed by atoms with Crippen LogP contribution in [0.3, 0.4) is 0 Å². The molecule has 0 unspecified atom stereocenters. The Labute approximate surface area is 203 Å². The van der Waals surface area contributed by atoms with E-state index in [-0.39, 0.29) is 12.4 Å². The molecule has 0 saturated heterocycles. The maximum Gasteiger partial charge on any atom is 0.271 e. The number of nitrogens with zero attached hydrogens (tertiary/aromatic N) is 1. The van der Waals surface area contributed by atoms with Crippen molar-refractivity contribution in [3.05, 3.63) is 88.2 Å². The molecular weight excluding hydrogens is 459 g/mol. The minimum atomic E-state index is -0.407. The Morgan fingerprint density at radius 2 is 1.74 bits per heavy atom. The molecule has 178 valence electrons.